The molecular weight excluding hydrogens is 292 g/mol. The summed E-state index contributed by atoms with van der Waals surface area (Å²) in [7, 11) is 1.73. The Labute approximate surface area is 134 Å². The number of anilines is 1. The second-order valence-corrected chi connectivity index (χ2v) is 5.50. The number of aromatic nitrogens is 5. The van der Waals surface area contributed by atoms with Crippen LogP contribution in [0.1, 0.15) is 27.3 Å². The highest BCUT2D eigenvalue weighted by molar-refractivity contribution is 6.02. The zero-order valence-corrected chi connectivity index (χ0v) is 13.3. The van der Waals surface area contributed by atoms with E-state index in [4.69, 9.17) is 0 Å². The predicted molar refractivity (Wildman–Crippen MR) is 86.2 cm³/mol. The number of nitrogens with zero attached hydrogens (tertiary/aromatic N) is 5. The van der Waals surface area contributed by atoms with E-state index in [-0.39, 0.29) is 11.9 Å². The van der Waals surface area contributed by atoms with Crippen LogP contribution in [0.3, 0.4) is 0 Å². The van der Waals surface area contributed by atoms with Gasteiger partial charge in [0.1, 0.15) is 12.0 Å². The first-order chi connectivity index (χ1) is 11.0. The standard InChI is InChI=1S/C16H18N6O/c1-11-5-4-6-13(7-11)9-22-10-17-16(20-22)18-15(23)14-8-12(2)19-21(14)3/h4-8,10H,9H2,1-3H3,(H,18,20,23). The zero-order chi connectivity index (χ0) is 16.4. The lowest BCUT2D eigenvalue weighted by molar-refractivity contribution is 0.101. The van der Waals surface area contributed by atoms with Gasteiger partial charge in [-0.25, -0.2) is 9.67 Å². The van der Waals surface area contributed by atoms with Crippen LogP contribution in [-0.2, 0) is 13.6 Å². The molecule has 23 heavy (non-hydrogen) atoms. The lowest BCUT2D eigenvalue weighted by atomic mass is 10.1. The SMILES string of the molecule is Cc1cccc(Cn2cnc(NC(=O)c3cc(C)nn3C)n2)c1. The van der Waals surface area contributed by atoms with Crippen molar-refractivity contribution >= 4 is 11.9 Å². The summed E-state index contributed by atoms with van der Waals surface area (Å²) in [5.74, 6) is 0.00270. The van der Waals surface area contributed by atoms with Crippen LogP contribution in [0.2, 0.25) is 0 Å². The van der Waals surface area contributed by atoms with Crippen molar-refractivity contribution in [3.63, 3.8) is 0 Å². The van der Waals surface area contributed by atoms with Gasteiger partial charge in [-0.2, -0.15) is 5.10 Å². The molecule has 0 aliphatic rings. The number of aryl methyl sites for hydroxylation is 3. The molecule has 0 radical (unpaired) electrons. The molecule has 0 aliphatic carbocycles. The topological polar surface area (TPSA) is 77.6 Å². The first-order valence-electron chi connectivity index (χ1n) is 7.28. The Hall–Kier alpha value is -2.96. The highest BCUT2D eigenvalue weighted by atomic mass is 16.2. The minimum absolute atomic E-state index is 0.276. The maximum Gasteiger partial charge on any atom is 0.276 e. The Morgan fingerprint density at radius 3 is 2.74 bits per heavy atom. The number of hydrogen-bond acceptors (Lipinski definition) is 4. The fraction of sp³-hybridized carbons (Fsp3) is 0.250. The molecule has 1 aromatic carbocycles. The van der Waals surface area contributed by atoms with E-state index in [9.17, 15) is 4.79 Å². The summed E-state index contributed by atoms with van der Waals surface area (Å²) in [5, 5.41) is 11.1. The number of benzene rings is 1. The third-order valence-corrected chi connectivity index (χ3v) is 3.42. The Bertz CT molecular complexity index is 848. The van der Waals surface area contributed by atoms with Crippen LogP contribution in [-0.4, -0.2) is 30.5 Å². The zero-order valence-electron chi connectivity index (χ0n) is 13.3. The molecule has 7 heteroatoms. The van der Waals surface area contributed by atoms with Gasteiger partial charge in [0, 0.05) is 7.05 Å². The number of hydrogen-bond donors (Lipinski definition) is 1. The monoisotopic (exact) mass is 310 g/mol. The van der Waals surface area contributed by atoms with Crippen LogP contribution < -0.4 is 5.32 Å². The molecular formula is C16H18N6O. The molecule has 0 spiro atoms. The van der Waals surface area contributed by atoms with E-state index in [2.05, 4.69) is 26.6 Å². The van der Waals surface area contributed by atoms with Gasteiger partial charge in [0.25, 0.3) is 5.91 Å². The molecule has 0 atom stereocenters. The summed E-state index contributed by atoms with van der Waals surface area (Å²) in [4.78, 5) is 16.3. The van der Waals surface area contributed by atoms with Crippen molar-refractivity contribution in [2.45, 2.75) is 20.4 Å². The van der Waals surface area contributed by atoms with Gasteiger partial charge < -0.3 is 0 Å². The number of carbonyl (C=O) groups is 1. The molecule has 0 aliphatic heterocycles. The molecule has 1 N–H and O–H groups in total. The molecule has 2 heterocycles. The average molecular weight is 310 g/mol. The Morgan fingerprint density at radius 1 is 1.22 bits per heavy atom. The maximum absolute atomic E-state index is 12.2. The summed E-state index contributed by atoms with van der Waals surface area (Å²) in [5.41, 5.74) is 3.59. The fourth-order valence-corrected chi connectivity index (χ4v) is 2.41. The van der Waals surface area contributed by atoms with E-state index in [0.29, 0.717) is 12.2 Å². The normalized spacial score (nSPS) is 10.7. The molecule has 2 aromatic heterocycles. The van der Waals surface area contributed by atoms with Crippen molar-refractivity contribution in [3.8, 4) is 0 Å². The van der Waals surface area contributed by atoms with E-state index in [0.717, 1.165) is 11.3 Å². The summed E-state index contributed by atoms with van der Waals surface area (Å²) < 4.78 is 3.23. The molecule has 1 amide bonds. The Morgan fingerprint density at radius 2 is 2.04 bits per heavy atom. The molecule has 0 saturated carbocycles. The van der Waals surface area contributed by atoms with Gasteiger partial charge in [-0.15, -0.1) is 5.10 Å². The van der Waals surface area contributed by atoms with E-state index in [1.165, 1.54) is 10.2 Å². The van der Waals surface area contributed by atoms with Crippen molar-refractivity contribution in [2.75, 3.05) is 5.32 Å². The van der Waals surface area contributed by atoms with Crippen molar-refractivity contribution in [1.82, 2.24) is 24.5 Å². The van der Waals surface area contributed by atoms with Crippen molar-refractivity contribution < 1.29 is 4.79 Å². The van der Waals surface area contributed by atoms with Crippen molar-refractivity contribution in [1.29, 1.82) is 0 Å². The molecule has 0 saturated heterocycles. The highest BCUT2D eigenvalue weighted by Crippen LogP contribution is 2.08. The van der Waals surface area contributed by atoms with E-state index in [1.54, 1.807) is 24.1 Å². The van der Waals surface area contributed by atoms with E-state index >= 15 is 0 Å². The van der Waals surface area contributed by atoms with Crippen LogP contribution in [0.15, 0.2) is 36.7 Å². The van der Waals surface area contributed by atoms with Gasteiger partial charge in [0.15, 0.2) is 0 Å². The molecule has 0 unspecified atom stereocenters. The van der Waals surface area contributed by atoms with Gasteiger partial charge in [-0.05, 0) is 25.5 Å². The number of rotatable bonds is 4. The van der Waals surface area contributed by atoms with E-state index < -0.39 is 0 Å². The first kappa shape index (κ1) is 15.0. The Kier molecular flexibility index (Phi) is 3.92. The minimum Gasteiger partial charge on any atom is -0.288 e. The van der Waals surface area contributed by atoms with Crippen molar-refractivity contribution in [3.05, 3.63) is 59.2 Å². The third-order valence-electron chi connectivity index (χ3n) is 3.42. The Balaban J connectivity index is 1.70. The number of amides is 1. The third kappa shape index (κ3) is 3.45. The second kappa shape index (κ2) is 6.04. The summed E-state index contributed by atoms with van der Waals surface area (Å²) in [6, 6.07) is 9.91. The molecule has 3 aromatic rings. The summed E-state index contributed by atoms with van der Waals surface area (Å²) in [6.07, 6.45) is 1.60. The predicted octanol–water partition coefficient (Wildman–Crippen LogP) is 1.93. The van der Waals surface area contributed by atoms with Gasteiger partial charge >= 0.3 is 0 Å². The molecule has 3 rings (SSSR count). The van der Waals surface area contributed by atoms with Crippen LogP contribution in [0, 0.1) is 13.8 Å². The van der Waals surface area contributed by atoms with Gasteiger partial charge in [0.2, 0.25) is 5.95 Å². The lowest BCUT2D eigenvalue weighted by Crippen LogP contribution is -2.17. The van der Waals surface area contributed by atoms with Crippen molar-refractivity contribution in [2.24, 2.45) is 7.05 Å². The maximum atomic E-state index is 12.2. The van der Waals surface area contributed by atoms with Crippen LogP contribution in [0.4, 0.5) is 5.95 Å². The molecule has 0 bridgehead atoms. The molecule has 0 fully saturated rings. The minimum atomic E-state index is -0.276. The number of nitrogens with one attached hydrogen (secondary N) is 1. The molecule has 118 valence electrons. The van der Waals surface area contributed by atoms with Crippen LogP contribution in [0.5, 0.6) is 0 Å². The highest BCUT2D eigenvalue weighted by Gasteiger charge is 2.14. The first-order valence-corrected chi connectivity index (χ1v) is 7.28. The largest absolute Gasteiger partial charge is 0.288 e. The second-order valence-electron chi connectivity index (χ2n) is 5.50. The van der Waals surface area contributed by atoms with Gasteiger partial charge in [0.05, 0.1) is 12.2 Å². The van der Waals surface area contributed by atoms with Crippen LogP contribution >= 0.6 is 0 Å². The number of carbonyl (C=O) groups excluding carboxylic acids is 1. The average Bonchev–Trinajstić information content (AvgIpc) is 3.05. The fourth-order valence-electron chi connectivity index (χ4n) is 2.41. The van der Waals surface area contributed by atoms with E-state index in [1.807, 2.05) is 32.0 Å². The molecule has 7 nitrogen and oxygen atoms in total. The lowest BCUT2D eigenvalue weighted by Gasteiger charge is -2.03. The summed E-state index contributed by atoms with van der Waals surface area (Å²) in [6.45, 7) is 4.49. The quantitative estimate of drug-likeness (QED) is 0.798. The summed E-state index contributed by atoms with van der Waals surface area (Å²) >= 11 is 0. The smallest absolute Gasteiger partial charge is 0.276 e. The van der Waals surface area contributed by atoms with Gasteiger partial charge in [-0.3, -0.25) is 14.8 Å². The van der Waals surface area contributed by atoms with Crippen LogP contribution in [0.25, 0.3) is 0 Å². The van der Waals surface area contributed by atoms with Gasteiger partial charge in [-0.1, -0.05) is 29.8 Å².